The zero-order valence-corrected chi connectivity index (χ0v) is 12.5. The number of nitrogens with zero attached hydrogens (tertiary/aromatic N) is 1. The molecule has 1 heterocycles. The van der Waals surface area contributed by atoms with Crippen molar-refractivity contribution in [2.45, 2.75) is 45.7 Å². The Kier molecular flexibility index (Phi) is 4.02. The Morgan fingerprint density at radius 1 is 1.20 bits per heavy atom. The highest BCUT2D eigenvalue weighted by atomic mass is 14.9. The van der Waals surface area contributed by atoms with Crippen molar-refractivity contribution >= 4 is 10.8 Å². The predicted octanol–water partition coefficient (Wildman–Crippen LogP) is 4.15. The Balaban J connectivity index is 1.72. The molecule has 0 amide bonds. The lowest BCUT2D eigenvalue weighted by molar-refractivity contribution is 0.344. The van der Waals surface area contributed by atoms with E-state index in [1.807, 2.05) is 12.4 Å². The number of hydrogen-bond donors (Lipinski definition) is 1. The van der Waals surface area contributed by atoms with Crippen molar-refractivity contribution in [2.24, 2.45) is 11.8 Å². The Morgan fingerprint density at radius 3 is 2.85 bits per heavy atom. The molecule has 1 fully saturated rings. The van der Waals surface area contributed by atoms with Gasteiger partial charge >= 0.3 is 0 Å². The van der Waals surface area contributed by atoms with E-state index >= 15 is 0 Å². The van der Waals surface area contributed by atoms with Gasteiger partial charge in [-0.2, -0.15) is 0 Å². The topological polar surface area (TPSA) is 24.9 Å². The third kappa shape index (κ3) is 2.57. The molecule has 106 valence electrons. The summed E-state index contributed by atoms with van der Waals surface area (Å²) in [6, 6.07) is 9.18. The normalized spacial score (nSPS) is 26.2. The maximum atomic E-state index is 4.37. The molecule has 20 heavy (non-hydrogen) atoms. The van der Waals surface area contributed by atoms with Crippen molar-refractivity contribution in [3.8, 4) is 0 Å². The quantitative estimate of drug-likeness (QED) is 0.901. The molecule has 0 saturated heterocycles. The van der Waals surface area contributed by atoms with Gasteiger partial charge in [0.05, 0.1) is 0 Å². The molecule has 1 saturated carbocycles. The molecule has 1 N–H and O–H groups in total. The van der Waals surface area contributed by atoms with E-state index in [9.17, 15) is 0 Å². The van der Waals surface area contributed by atoms with Crippen molar-refractivity contribution in [1.29, 1.82) is 0 Å². The lowest BCUT2D eigenvalue weighted by Gasteiger charge is -2.21. The van der Waals surface area contributed by atoms with Crippen LogP contribution in [0.4, 0.5) is 0 Å². The summed E-state index contributed by atoms with van der Waals surface area (Å²) in [5.41, 5.74) is 1.32. The molecule has 3 rings (SSSR count). The summed E-state index contributed by atoms with van der Waals surface area (Å²) in [4.78, 5) is 4.37. The van der Waals surface area contributed by atoms with Crippen LogP contribution in [-0.4, -0.2) is 11.0 Å². The standard InChI is InChI=1S/C18H24N2/c1-3-14-8-9-18(13(14)2)20-12-16-11-19-10-15-6-4-5-7-17(15)16/h4-7,10-11,13-14,18,20H,3,8-9,12H2,1-2H3. The zero-order chi connectivity index (χ0) is 13.9. The van der Waals surface area contributed by atoms with Crippen LogP contribution in [0.1, 0.15) is 38.7 Å². The van der Waals surface area contributed by atoms with Crippen molar-refractivity contribution in [3.63, 3.8) is 0 Å². The summed E-state index contributed by atoms with van der Waals surface area (Å²) in [6.45, 7) is 5.65. The molecule has 0 radical (unpaired) electrons. The van der Waals surface area contributed by atoms with Crippen LogP contribution in [0.3, 0.4) is 0 Å². The number of hydrogen-bond acceptors (Lipinski definition) is 2. The number of aromatic nitrogens is 1. The van der Waals surface area contributed by atoms with E-state index in [2.05, 4.69) is 48.4 Å². The first kappa shape index (κ1) is 13.6. The summed E-state index contributed by atoms with van der Waals surface area (Å²) in [7, 11) is 0. The molecule has 1 aromatic heterocycles. The largest absolute Gasteiger partial charge is 0.310 e. The molecule has 1 aromatic carbocycles. The maximum Gasteiger partial charge on any atom is 0.0346 e. The van der Waals surface area contributed by atoms with Gasteiger partial charge in [-0.1, -0.05) is 44.5 Å². The first-order valence-electron chi connectivity index (χ1n) is 7.84. The zero-order valence-electron chi connectivity index (χ0n) is 12.5. The van der Waals surface area contributed by atoms with Gasteiger partial charge in [-0.25, -0.2) is 0 Å². The van der Waals surface area contributed by atoms with Gasteiger partial charge in [0, 0.05) is 30.4 Å². The fourth-order valence-corrected chi connectivity index (χ4v) is 3.67. The van der Waals surface area contributed by atoms with Gasteiger partial charge in [0.15, 0.2) is 0 Å². The second-order valence-corrected chi connectivity index (χ2v) is 6.11. The monoisotopic (exact) mass is 268 g/mol. The third-order valence-corrected chi connectivity index (χ3v) is 5.06. The predicted molar refractivity (Wildman–Crippen MR) is 84.5 cm³/mol. The minimum Gasteiger partial charge on any atom is -0.310 e. The minimum absolute atomic E-state index is 0.666. The maximum absolute atomic E-state index is 4.37. The Bertz CT molecular complexity index is 573. The van der Waals surface area contributed by atoms with Crippen LogP contribution in [0, 0.1) is 11.8 Å². The Hall–Kier alpha value is -1.41. The Morgan fingerprint density at radius 2 is 2.05 bits per heavy atom. The SMILES string of the molecule is CCC1CCC(NCc2cncc3ccccc23)C1C. The van der Waals surface area contributed by atoms with E-state index in [-0.39, 0.29) is 0 Å². The number of benzene rings is 1. The van der Waals surface area contributed by atoms with Gasteiger partial charge in [0.2, 0.25) is 0 Å². The van der Waals surface area contributed by atoms with Crippen LogP contribution >= 0.6 is 0 Å². The lowest BCUT2D eigenvalue weighted by atomic mass is 9.93. The summed E-state index contributed by atoms with van der Waals surface area (Å²) in [6.07, 6.45) is 7.96. The first-order chi connectivity index (χ1) is 9.79. The van der Waals surface area contributed by atoms with Gasteiger partial charge in [-0.15, -0.1) is 0 Å². The minimum atomic E-state index is 0.666. The number of rotatable bonds is 4. The first-order valence-corrected chi connectivity index (χ1v) is 7.84. The Labute approximate surface area is 121 Å². The van der Waals surface area contributed by atoms with E-state index in [0.717, 1.165) is 18.4 Å². The fraction of sp³-hybridized carbons (Fsp3) is 0.500. The average molecular weight is 268 g/mol. The number of pyridine rings is 1. The average Bonchev–Trinajstić information content (AvgIpc) is 2.85. The van der Waals surface area contributed by atoms with E-state index in [1.54, 1.807) is 0 Å². The molecule has 1 aliphatic rings. The van der Waals surface area contributed by atoms with E-state index in [1.165, 1.54) is 35.6 Å². The molecule has 2 aromatic rings. The molecule has 1 aliphatic carbocycles. The second kappa shape index (κ2) is 5.92. The molecule has 2 heteroatoms. The summed E-state index contributed by atoms with van der Waals surface area (Å²) >= 11 is 0. The smallest absolute Gasteiger partial charge is 0.0346 e. The molecular formula is C18H24N2. The molecule has 0 spiro atoms. The van der Waals surface area contributed by atoms with Gasteiger partial charge < -0.3 is 5.32 Å². The van der Waals surface area contributed by atoms with Crippen LogP contribution in [0.2, 0.25) is 0 Å². The highest BCUT2D eigenvalue weighted by Gasteiger charge is 2.30. The highest BCUT2D eigenvalue weighted by molar-refractivity contribution is 5.84. The lowest BCUT2D eigenvalue weighted by Crippen LogP contribution is -2.32. The van der Waals surface area contributed by atoms with E-state index in [0.29, 0.717) is 6.04 Å². The third-order valence-electron chi connectivity index (χ3n) is 5.06. The summed E-state index contributed by atoms with van der Waals surface area (Å²) < 4.78 is 0. The van der Waals surface area contributed by atoms with Crippen molar-refractivity contribution in [1.82, 2.24) is 10.3 Å². The molecule has 3 unspecified atom stereocenters. The van der Waals surface area contributed by atoms with E-state index in [4.69, 9.17) is 0 Å². The number of nitrogens with one attached hydrogen (secondary N) is 1. The van der Waals surface area contributed by atoms with Gasteiger partial charge in [0.25, 0.3) is 0 Å². The van der Waals surface area contributed by atoms with Crippen molar-refractivity contribution < 1.29 is 0 Å². The summed E-state index contributed by atoms with van der Waals surface area (Å²) in [5, 5.41) is 6.32. The van der Waals surface area contributed by atoms with Crippen LogP contribution < -0.4 is 5.32 Å². The molecule has 3 atom stereocenters. The van der Waals surface area contributed by atoms with Crippen molar-refractivity contribution in [3.05, 3.63) is 42.2 Å². The molecule has 2 nitrogen and oxygen atoms in total. The fourth-order valence-electron chi connectivity index (χ4n) is 3.67. The molecule has 0 aliphatic heterocycles. The summed E-state index contributed by atoms with van der Waals surface area (Å²) in [5.74, 6) is 1.70. The van der Waals surface area contributed by atoms with Crippen LogP contribution in [0.15, 0.2) is 36.7 Å². The van der Waals surface area contributed by atoms with Gasteiger partial charge in [0.1, 0.15) is 0 Å². The second-order valence-electron chi connectivity index (χ2n) is 6.11. The number of fused-ring (bicyclic) bond motifs is 1. The molecule has 0 bridgehead atoms. The molecular weight excluding hydrogens is 244 g/mol. The highest BCUT2D eigenvalue weighted by Crippen LogP contribution is 2.34. The van der Waals surface area contributed by atoms with Crippen LogP contribution in [0.25, 0.3) is 10.8 Å². The van der Waals surface area contributed by atoms with Crippen LogP contribution in [-0.2, 0) is 6.54 Å². The van der Waals surface area contributed by atoms with Gasteiger partial charge in [-0.3, -0.25) is 4.98 Å². The van der Waals surface area contributed by atoms with Gasteiger partial charge in [-0.05, 0) is 35.6 Å². The van der Waals surface area contributed by atoms with Crippen LogP contribution in [0.5, 0.6) is 0 Å². The van der Waals surface area contributed by atoms with E-state index < -0.39 is 0 Å². The van der Waals surface area contributed by atoms with Crippen molar-refractivity contribution in [2.75, 3.05) is 0 Å².